The number of nitrogens with one attached hydrogen (secondary N) is 2. The molecule has 0 saturated heterocycles. The number of aryl methyl sites for hydroxylation is 1. The Morgan fingerprint density at radius 3 is 2.93 bits per heavy atom. The second kappa shape index (κ2) is 10.1. The molecule has 1 unspecified atom stereocenters. The molecule has 4 rings (SSSR count). The van der Waals surface area contributed by atoms with E-state index in [4.69, 9.17) is 9.73 Å². The van der Waals surface area contributed by atoms with E-state index >= 15 is 0 Å². The first-order valence-corrected chi connectivity index (χ1v) is 9.98. The topological polar surface area (TPSA) is 76.4 Å². The van der Waals surface area contributed by atoms with Gasteiger partial charge in [0.05, 0.1) is 19.2 Å². The normalized spacial score (nSPS) is 19.2. The molecule has 8 heteroatoms. The Hall–Kier alpha value is -1.84. The van der Waals surface area contributed by atoms with E-state index in [-0.39, 0.29) is 24.0 Å². The van der Waals surface area contributed by atoms with Gasteiger partial charge in [-0.1, -0.05) is 18.2 Å². The van der Waals surface area contributed by atoms with Gasteiger partial charge in [0.15, 0.2) is 5.96 Å². The number of nitrogens with zero attached hydrogens (tertiary/aromatic N) is 4. The zero-order valence-corrected chi connectivity index (χ0v) is 18.6. The minimum atomic E-state index is 0. The number of ether oxygens (including phenoxy) is 1. The highest BCUT2D eigenvalue weighted by Crippen LogP contribution is 2.27. The lowest BCUT2D eigenvalue weighted by Gasteiger charge is -2.27. The van der Waals surface area contributed by atoms with Gasteiger partial charge in [-0.15, -0.1) is 24.0 Å². The van der Waals surface area contributed by atoms with Gasteiger partial charge in [0.25, 0.3) is 0 Å². The van der Waals surface area contributed by atoms with Crippen LogP contribution in [-0.2, 0) is 19.5 Å². The average Bonchev–Trinajstić information content (AvgIpc) is 3.11. The molecule has 1 atom stereocenters. The van der Waals surface area contributed by atoms with E-state index in [0.717, 1.165) is 61.9 Å². The van der Waals surface area contributed by atoms with Crippen LogP contribution in [0.2, 0.25) is 0 Å². The molecule has 1 aromatic carbocycles. The third-order valence-electron chi connectivity index (χ3n) is 5.22. The second-order valence-electron chi connectivity index (χ2n) is 7.21. The molecule has 0 bridgehead atoms. The number of fused-ring (bicyclic) bond motifs is 1. The number of aliphatic imine (C=N–C) groups is 1. The number of aromatic nitrogens is 3. The highest BCUT2D eigenvalue weighted by molar-refractivity contribution is 14.0. The molecule has 1 aromatic heterocycles. The summed E-state index contributed by atoms with van der Waals surface area (Å²) >= 11 is 0. The highest BCUT2D eigenvalue weighted by atomic mass is 127. The monoisotopic (exact) mass is 496 g/mol. The summed E-state index contributed by atoms with van der Waals surface area (Å²) in [6, 6.07) is 8.54. The van der Waals surface area contributed by atoms with Gasteiger partial charge in [0.2, 0.25) is 0 Å². The van der Waals surface area contributed by atoms with Crippen LogP contribution in [0, 0.1) is 0 Å². The van der Waals surface area contributed by atoms with Gasteiger partial charge in [-0.25, -0.2) is 14.7 Å². The molecule has 2 heterocycles. The van der Waals surface area contributed by atoms with Gasteiger partial charge in [-0.2, -0.15) is 5.10 Å². The largest absolute Gasteiger partial charge is 0.490 e. The first kappa shape index (κ1) is 20.9. The molecule has 2 N–H and O–H groups in total. The SMILES string of the molecule is CCNC(=NCc1ccccc1OC1CCC1)NC1CCc2ncnn2C1.I. The molecule has 7 nitrogen and oxygen atoms in total. The van der Waals surface area contributed by atoms with Crippen molar-refractivity contribution in [3.05, 3.63) is 42.0 Å². The van der Waals surface area contributed by atoms with Gasteiger partial charge in [0, 0.05) is 24.6 Å². The van der Waals surface area contributed by atoms with Crippen molar-refractivity contribution in [1.82, 2.24) is 25.4 Å². The third-order valence-corrected chi connectivity index (χ3v) is 5.22. The van der Waals surface area contributed by atoms with Crippen molar-refractivity contribution in [1.29, 1.82) is 0 Å². The molecule has 152 valence electrons. The third kappa shape index (κ3) is 5.15. The van der Waals surface area contributed by atoms with E-state index in [2.05, 4.69) is 39.8 Å². The van der Waals surface area contributed by atoms with Crippen LogP contribution in [-0.4, -0.2) is 39.4 Å². The number of guanidine groups is 1. The molecule has 0 radical (unpaired) electrons. The Morgan fingerprint density at radius 1 is 1.29 bits per heavy atom. The number of rotatable bonds is 6. The van der Waals surface area contributed by atoms with Crippen molar-refractivity contribution >= 4 is 29.9 Å². The van der Waals surface area contributed by atoms with E-state index in [1.165, 1.54) is 6.42 Å². The van der Waals surface area contributed by atoms with Crippen LogP contribution < -0.4 is 15.4 Å². The van der Waals surface area contributed by atoms with E-state index in [1.54, 1.807) is 6.33 Å². The van der Waals surface area contributed by atoms with Gasteiger partial charge in [0.1, 0.15) is 17.9 Å². The standard InChI is InChI=1S/C20H28N6O.HI/c1-2-21-20(25-16-10-11-19-23-14-24-26(19)13-16)22-12-15-6-3-4-9-18(15)27-17-7-5-8-17;/h3-4,6,9,14,16-17H,2,5,7-8,10-13H2,1H3,(H2,21,22,25);1H. The maximum atomic E-state index is 6.13. The number of hydrogen-bond acceptors (Lipinski definition) is 4. The summed E-state index contributed by atoms with van der Waals surface area (Å²) in [7, 11) is 0. The van der Waals surface area contributed by atoms with Crippen molar-refractivity contribution in [3.8, 4) is 5.75 Å². The summed E-state index contributed by atoms with van der Waals surface area (Å²) in [5.74, 6) is 2.87. The predicted molar refractivity (Wildman–Crippen MR) is 120 cm³/mol. The van der Waals surface area contributed by atoms with E-state index in [9.17, 15) is 0 Å². The molecule has 0 spiro atoms. The van der Waals surface area contributed by atoms with E-state index < -0.39 is 0 Å². The van der Waals surface area contributed by atoms with Crippen LogP contribution in [0.1, 0.15) is 44.0 Å². The highest BCUT2D eigenvalue weighted by Gasteiger charge is 2.21. The quantitative estimate of drug-likeness (QED) is 0.366. The fourth-order valence-electron chi connectivity index (χ4n) is 3.45. The van der Waals surface area contributed by atoms with Crippen molar-refractivity contribution in [2.75, 3.05) is 6.54 Å². The first-order valence-electron chi connectivity index (χ1n) is 9.98. The van der Waals surface area contributed by atoms with Crippen LogP contribution in [0.3, 0.4) is 0 Å². The molecule has 0 amide bonds. The summed E-state index contributed by atoms with van der Waals surface area (Å²) in [5.41, 5.74) is 1.13. The zero-order chi connectivity index (χ0) is 18.5. The minimum absolute atomic E-state index is 0. The lowest BCUT2D eigenvalue weighted by atomic mass is 9.96. The summed E-state index contributed by atoms with van der Waals surface area (Å²) in [6.45, 7) is 4.33. The Morgan fingerprint density at radius 2 is 2.14 bits per heavy atom. The Balaban J connectivity index is 0.00000225. The molecule has 1 aliphatic carbocycles. The maximum absolute atomic E-state index is 6.13. The van der Waals surface area contributed by atoms with Crippen LogP contribution in [0.4, 0.5) is 0 Å². The van der Waals surface area contributed by atoms with Crippen molar-refractivity contribution in [3.63, 3.8) is 0 Å². The average molecular weight is 496 g/mol. The summed E-state index contributed by atoms with van der Waals surface area (Å²) < 4.78 is 8.10. The smallest absolute Gasteiger partial charge is 0.191 e. The molecule has 1 saturated carbocycles. The maximum Gasteiger partial charge on any atom is 0.191 e. The molecule has 2 aliphatic rings. The Kier molecular flexibility index (Phi) is 7.52. The lowest BCUT2D eigenvalue weighted by molar-refractivity contribution is 0.119. The van der Waals surface area contributed by atoms with Gasteiger partial charge < -0.3 is 15.4 Å². The van der Waals surface area contributed by atoms with Gasteiger partial charge in [-0.05, 0) is 38.7 Å². The molecule has 28 heavy (non-hydrogen) atoms. The Bertz CT molecular complexity index is 789. The van der Waals surface area contributed by atoms with Crippen LogP contribution in [0.25, 0.3) is 0 Å². The van der Waals surface area contributed by atoms with Gasteiger partial charge >= 0.3 is 0 Å². The molecule has 1 aliphatic heterocycles. The lowest BCUT2D eigenvalue weighted by Crippen LogP contribution is -2.47. The molecular formula is C20H29IN6O. The molecule has 1 fully saturated rings. The van der Waals surface area contributed by atoms with E-state index in [0.29, 0.717) is 18.7 Å². The van der Waals surface area contributed by atoms with Crippen LogP contribution >= 0.6 is 24.0 Å². The molecule has 2 aromatic rings. The summed E-state index contributed by atoms with van der Waals surface area (Å²) in [6.07, 6.45) is 7.58. The van der Waals surface area contributed by atoms with Crippen LogP contribution in [0.15, 0.2) is 35.6 Å². The Labute approximate surface area is 183 Å². The minimum Gasteiger partial charge on any atom is -0.490 e. The van der Waals surface area contributed by atoms with Crippen molar-refractivity contribution in [2.45, 2.75) is 64.3 Å². The number of halogens is 1. The first-order chi connectivity index (χ1) is 13.3. The summed E-state index contributed by atoms with van der Waals surface area (Å²) in [5, 5.41) is 11.2. The zero-order valence-electron chi connectivity index (χ0n) is 16.3. The molecular weight excluding hydrogens is 467 g/mol. The number of benzene rings is 1. The second-order valence-corrected chi connectivity index (χ2v) is 7.21. The van der Waals surface area contributed by atoms with Gasteiger partial charge in [-0.3, -0.25) is 0 Å². The fourth-order valence-corrected chi connectivity index (χ4v) is 3.45. The van der Waals surface area contributed by atoms with Crippen LogP contribution in [0.5, 0.6) is 5.75 Å². The van der Waals surface area contributed by atoms with E-state index in [1.807, 2.05) is 16.8 Å². The number of hydrogen-bond donors (Lipinski definition) is 2. The predicted octanol–water partition coefficient (Wildman–Crippen LogP) is 2.90. The van der Waals surface area contributed by atoms with Crippen molar-refractivity contribution < 1.29 is 4.74 Å². The number of para-hydroxylation sites is 1. The summed E-state index contributed by atoms with van der Waals surface area (Å²) in [4.78, 5) is 9.09. The fraction of sp³-hybridized carbons (Fsp3) is 0.550. The van der Waals surface area contributed by atoms with Crippen molar-refractivity contribution in [2.24, 2.45) is 4.99 Å².